The maximum Gasteiger partial charge on any atom is 1.00 e. The van der Waals surface area contributed by atoms with Crippen LogP contribution in [0.1, 0.15) is 11.1 Å². The second-order valence-electron chi connectivity index (χ2n) is 15.8. The SMILES string of the molecule is O=S(=O)([O-])c1cc(N(Nc2cccc3ccccc23)c2ncnc(Nc3ccccc3)n2)ccc1C=Cc1ccc(N(Nc2cccc3ccccc23)c2ncnc(Nc3ccccc3)n2)cc1S(=O)(=O)[O-].[Na+].[Na+]. The van der Waals surface area contributed by atoms with Gasteiger partial charge in [0.25, 0.3) is 11.9 Å². The number of nitrogens with one attached hydrogen (secondary N) is 4. The van der Waals surface area contributed by atoms with Crippen LogP contribution >= 0.6 is 0 Å². The van der Waals surface area contributed by atoms with E-state index in [0.29, 0.717) is 22.7 Å². The number of hydrogen-bond acceptors (Lipinski definition) is 18. The molecule has 2 heterocycles. The third kappa shape index (κ3) is 12.4. The van der Waals surface area contributed by atoms with Gasteiger partial charge in [-0.1, -0.05) is 133 Å². The normalized spacial score (nSPS) is 11.3. The molecule has 10 aromatic rings. The van der Waals surface area contributed by atoms with Gasteiger partial charge in [-0.25, -0.2) is 36.8 Å². The summed E-state index contributed by atoms with van der Waals surface area (Å²) in [7, 11) is -10.5. The van der Waals surface area contributed by atoms with Gasteiger partial charge in [-0.15, -0.1) is 0 Å². The number of nitrogens with zero attached hydrogens (tertiary/aromatic N) is 8. The molecule has 0 aliphatic carbocycles. The summed E-state index contributed by atoms with van der Waals surface area (Å²) in [5.74, 6) is 0.411. The van der Waals surface area contributed by atoms with E-state index in [1.54, 1.807) is 0 Å². The molecule has 0 saturated heterocycles. The number of hydrogen-bond donors (Lipinski definition) is 4. The summed E-state index contributed by atoms with van der Waals surface area (Å²) in [6.07, 6.45) is 5.05. The smallest absolute Gasteiger partial charge is 0.744 e. The van der Waals surface area contributed by atoms with E-state index in [4.69, 9.17) is 0 Å². The molecule has 0 amide bonds. The first kappa shape index (κ1) is 53.0. The van der Waals surface area contributed by atoms with Gasteiger partial charge in [0, 0.05) is 22.1 Å². The molecule has 74 heavy (non-hydrogen) atoms. The number of aromatic nitrogens is 6. The minimum atomic E-state index is -5.23. The van der Waals surface area contributed by atoms with Crippen LogP contribution in [0.3, 0.4) is 0 Å². The van der Waals surface area contributed by atoms with Crippen molar-refractivity contribution in [3.63, 3.8) is 0 Å². The van der Waals surface area contributed by atoms with Gasteiger partial charge in [-0.05, 0) is 82.6 Å². The summed E-state index contributed by atoms with van der Waals surface area (Å²) >= 11 is 0. The first-order chi connectivity index (χ1) is 34.9. The van der Waals surface area contributed by atoms with E-state index in [1.807, 2.05) is 146 Å². The molecule has 2 aromatic heterocycles. The van der Waals surface area contributed by atoms with Crippen LogP contribution in [0.2, 0.25) is 0 Å². The predicted octanol–water partition coefficient (Wildman–Crippen LogP) is 4.17. The van der Waals surface area contributed by atoms with Crippen molar-refractivity contribution in [2.45, 2.75) is 9.79 Å². The molecule has 4 N–H and O–H groups in total. The number of fused-ring (bicyclic) bond motifs is 2. The Morgan fingerprint density at radius 3 is 1.22 bits per heavy atom. The zero-order valence-electron chi connectivity index (χ0n) is 39.5. The van der Waals surface area contributed by atoms with Gasteiger partial charge in [0.2, 0.25) is 11.9 Å². The fraction of sp³-hybridized carbons (Fsp3) is 0. The van der Waals surface area contributed by atoms with Crippen molar-refractivity contribution >= 4 is 112 Å². The molecule has 0 spiro atoms. The molecule has 0 atom stereocenters. The van der Waals surface area contributed by atoms with Crippen LogP contribution in [0, 0.1) is 0 Å². The average molecular weight is 1040 g/mol. The molecule has 0 bridgehead atoms. The standard InChI is InChI=1S/C52H40N12O6S2.2Na/c65-71(66,67)47-31-41(63(61-45-23-11-15-35-13-7-9-21-43(35)45)51-55-33-53-49(59-51)57-39-17-3-1-4-18-39)29-27-37(47)25-26-38-28-30-42(32-48(38)72(68,69)70)64(62-46-24-12-16-36-14-8-10-22-44(36)46)52-56-34-54-50(60-52)58-40-19-5-2-6-20-40;;/h1-34,61-62H,(H,65,66,67)(H,68,69,70)(H,53,55,57,59)(H,54,56,58,60);;/q;2*+1/p-2. The van der Waals surface area contributed by atoms with E-state index in [-0.39, 0.29) is 105 Å². The Bertz CT molecular complexity index is 3630. The zero-order chi connectivity index (χ0) is 49.7. The van der Waals surface area contributed by atoms with Gasteiger partial charge in [0.05, 0.1) is 32.5 Å². The summed E-state index contributed by atoms with van der Waals surface area (Å²) in [5.41, 5.74) is 9.25. The maximum absolute atomic E-state index is 13.1. The molecule has 8 aromatic carbocycles. The average Bonchev–Trinajstić information content (AvgIpc) is 3.39. The largest absolute Gasteiger partial charge is 1.00 e. The minimum absolute atomic E-state index is 0. The fourth-order valence-electron chi connectivity index (χ4n) is 7.77. The van der Waals surface area contributed by atoms with Crippen molar-refractivity contribution in [1.82, 2.24) is 29.9 Å². The third-order valence-electron chi connectivity index (χ3n) is 11.1. The van der Waals surface area contributed by atoms with E-state index < -0.39 is 30.0 Å². The number of anilines is 10. The van der Waals surface area contributed by atoms with E-state index in [9.17, 15) is 25.9 Å². The van der Waals surface area contributed by atoms with Crippen LogP contribution < -0.4 is 90.6 Å². The van der Waals surface area contributed by atoms with Gasteiger partial charge in [0.15, 0.2) is 0 Å². The van der Waals surface area contributed by atoms with E-state index in [1.165, 1.54) is 59.1 Å². The molecule has 0 aliphatic rings. The number of benzene rings is 8. The first-order valence-electron chi connectivity index (χ1n) is 21.9. The van der Waals surface area contributed by atoms with E-state index >= 15 is 0 Å². The Balaban J connectivity index is 0.00000364. The van der Waals surface area contributed by atoms with Crippen LogP contribution in [0.5, 0.6) is 0 Å². The van der Waals surface area contributed by atoms with Crippen LogP contribution in [0.4, 0.5) is 57.9 Å². The molecule has 0 saturated carbocycles. The van der Waals surface area contributed by atoms with Crippen molar-refractivity contribution < 1.29 is 85.1 Å². The summed E-state index contributed by atoms with van der Waals surface area (Å²) in [6.45, 7) is 0. The second kappa shape index (κ2) is 23.3. The van der Waals surface area contributed by atoms with Gasteiger partial charge in [0.1, 0.15) is 32.9 Å². The molecular formula is C52H38N12Na2O6S2. The topological polar surface area (TPSA) is 246 Å². The number of para-hydroxylation sites is 2. The Hall–Kier alpha value is -7.34. The van der Waals surface area contributed by atoms with Crippen molar-refractivity contribution in [2.75, 3.05) is 31.5 Å². The molecular weight excluding hydrogens is 999 g/mol. The molecule has 0 aliphatic heterocycles. The van der Waals surface area contributed by atoms with Crippen LogP contribution in [0.15, 0.2) is 204 Å². The number of rotatable bonds is 16. The summed E-state index contributed by atoms with van der Waals surface area (Å²) in [6, 6.07) is 52.9. The monoisotopic (exact) mass is 1040 g/mol. The van der Waals surface area contributed by atoms with Gasteiger partial charge in [-0.3, -0.25) is 10.9 Å². The first-order valence-corrected chi connectivity index (χ1v) is 24.7. The predicted molar refractivity (Wildman–Crippen MR) is 276 cm³/mol. The van der Waals surface area contributed by atoms with E-state index in [2.05, 4.69) is 51.4 Å². The van der Waals surface area contributed by atoms with Crippen LogP contribution in [0.25, 0.3) is 33.7 Å². The Labute approximate surface area is 469 Å². The Morgan fingerprint density at radius 1 is 0.432 bits per heavy atom. The molecule has 0 radical (unpaired) electrons. The Kier molecular flexibility index (Phi) is 16.6. The zero-order valence-corrected chi connectivity index (χ0v) is 45.1. The molecule has 22 heteroatoms. The van der Waals surface area contributed by atoms with Gasteiger partial charge < -0.3 is 19.7 Å². The summed E-state index contributed by atoms with van der Waals surface area (Å²) in [4.78, 5) is 25.3. The van der Waals surface area contributed by atoms with E-state index in [0.717, 1.165) is 33.7 Å². The summed E-state index contributed by atoms with van der Waals surface area (Å²) < 4.78 is 78.9. The minimum Gasteiger partial charge on any atom is -0.744 e. The molecule has 18 nitrogen and oxygen atoms in total. The number of hydrazine groups is 2. The van der Waals surface area contributed by atoms with Crippen molar-refractivity contribution in [1.29, 1.82) is 0 Å². The second-order valence-corrected chi connectivity index (χ2v) is 18.5. The van der Waals surface area contributed by atoms with Crippen LogP contribution in [-0.4, -0.2) is 55.8 Å². The fourth-order valence-corrected chi connectivity index (χ4v) is 9.15. The Morgan fingerprint density at radius 2 is 0.811 bits per heavy atom. The third-order valence-corrected chi connectivity index (χ3v) is 12.9. The summed E-state index contributed by atoms with van der Waals surface area (Å²) in [5, 5.41) is 12.5. The van der Waals surface area contributed by atoms with Gasteiger partial charge in [-0.2, -0.15) is 19.9 Å². The molecule has 0 unspecified atom stereocenters. The molecule has 10 rings (SSSR count). The van der Waals surface area contributed by atoms with Crippen molar-refractivity contribution in [3.8, 4) is 0 Å². The van der Waals surface area contributed by atoms with Crippen molar-refractivity contribution in [3.05, 3.63) is 206 Å². The quantitative estimate of drug-likeness (QED) is 0.0459. The van der Waals surface area contributed by atoms with Crippen LogP contribution in [-0.2, 0) is 20.2 Å². The molecule has 0 fully saturated rings. The molecule has 356 valence electrons. The maximum atomic E-state index is 13.1. The van der Waals surface area contributed by atoms with Gasteiger partial charge >= 0.3 is 59.1 Å². The van der Waals surface area contributed by atoms with Crippen molar-refractivity contribution in [2.24, 2.45) is 0 Å².